The van der Waals surface area contributed by atoms with Crippen LogP contribution in [0.5, 0.6) is 0 Å². The molecule has 10 heteroatoms. The highest BCUT2D eigenvalue weighted by Crippen LogP contribution is 2.24. The topological polar surface area (TPSA) is 98.9 Å². The van der Waals surface area contributed by atoms with Crippen molar-refractivity contribution in [1.29, 1.82) is 0 Å². The van der Waals surface area contributed by atoms with Crippen LogP contribution in [-0.2, 0) is 26.1 Å². The van der Waals surface area contributed by atoms with Crippen molar-refractivity contribution in [3.05, 3.63) is 70.7 Å². The van der Waals surface area contributed by atoms with Crippen molar-refractivity contribution in [3.63, 3.8) is 0 Å². The molecular formula is C22H21ClN2O6S. The third-order valence-electron chi connectivity index (χ3n) is 5.05. The van der Waals surface area contributed by atoms with Crippen molar-refractivity contribution in [2.45, 2.75) is 18.4 Å². The molecule has 1 aliphatic heterocycles. The van der Waals surface area contributed by atoms with Crippen molar-refractivity contribution in [2.24, 2.45) is 0 Å². The molecule has 1 aromatic heterocycles. The van der Waals surface area contributed by atoms with Gasteiger partial charge in [0.15, 0.2) is 12.4 Å². The number of oxazole rings is 1. The first-order valence-corrected chi connectivity index (χ1v) is 11.7. The zero-order chi connectivity index (χ0) is 22.7. The molecule has 2 heterocycles. The van der Waals surface area contributed by atoms with Crippen molar-refractivity contribution in [3.8, 4) is 11.3 Å². The van der Waals surface area contributed by atoms with E-state index in [2.05, 4.69) is 4.98 Å². The molecule has 0 aliphatic carbocycles. The van der Waals surface area contributed by atoms with Crippen LogP contribution in [0.3, 0.4) is 0 Å². The van der Waals surface area contributed by atoms with Crippen LogP contribution in [0.25, 0.3) is 11.3 Å². The second-order valence-corrected chi connectivity index (χ2v) is 9.57. The highest BCUT2D eigenvalue weighted by Gasteiger charge is 2.27. The van der Waals surface area contributed by atoms with Crippen LogP contribution in [0.15, 0.2) is 58.0 Å². The van der Waals surface area contributed by atoms with Gasteiger partial charge in [0, 0.05) is 23.7 Å². The van der Waals surface area contributed by atoms with Gasteiger partial charge in [-0.3, -0.25) is 0 Å². The minimum absolute atomic E-state index is 0.0399. The fourth-order valence-corrected chi connectivity index (χ4v) is 4.81. The number of hydrogen-bond acceptors (Lipinski definition) is 7. The minimum atomic E-state index is -3.73. The Morgan fingerprint density at radius 1 is 1.16 bits per heavy atom. The van der Waals surface area contributed by atoms with Crippen LogP contribution in [0.2, 0.25) is 5.02 Å². The smallest absolute Gasteiger partial charge is 0.338 e. The van der Waals surface area contributed by atoms with Gasteiger partial charge in [0.25, 0.3) is 0 Å². The van der Waals surface area contributed by atoms with E-state index in [0.29, 0.717) is 29.6 Å². The lowest BCUT2D eigenvalue weighted by atomic mass is 10.1. The Labute approximate surface area is 190 Å². The number of carbonyl (C=O) groups is 1. The summed E-state index contributed by atoms with van der Waals surface area (Å²) >= 11 is 5.89. The van der Waals surface area contributed by atoms with Gasteiger partial charge in [0.1, 0.15) is 0 Å². The summed E-state index contributed by atoms with van der Waals surface area (Å²) in [6.45, 7) is 2.76. The number of rotatable bonds is 6. The van der Waals surface area contributed by atoms with Crippen LogP contribution < -0.4 is 0 Å². The van der Waals surface area contributed by atoms with E-state index in [-0.39, 0.29) is 36.0 Å². The quantitative estimate of drug-likeness (QED) is 0.500. The minimum Gasteiger partial charge on any atom is -0.452 e. The van der Waals surface area contributed by atoms with E-state index >= 15 is 0 Å². The van der Waals surface area contributed by atoms with E-state index in [1.165, 1.54) is 22.6 Å². The molecule has 32 heavy (non-hydrogen) atoms. The van der Waals surface area contributed by atoms with Crippen molar-refractivity contribution >= 4 is 27.6 Å². The zero-order valence-electron chi connectivity index (χ0n) is 17.3. The number of halogens is 1. The summed E-state index contributed by atoms with van der Waals surface area (Å²) in [7, 11) is -3.73. The molecule has 1 saturated heterocycles. The summed E-state index contributed by atoms with van der Waals surface area (Å²) in [6.07, 6.45) is 1.53. The number of ether oxygens (including phenoxy) is 2. The standard InChI is InChI=1S/C22H21ClN2O6S/c1-15-2-7-18(32(27,28)25-8-10-29-11-9-25)12-19(15)22(26)30-14-21-24-13-20(31-21)16-3-5-17(23)6-4-16/h2-7,12-13H,8-11,14H2,1H3. The molecule has 1 aliphatic rings. The van der Waals surface area contributed by atoms with Crippen LogP contribution in [-0.4, -0.2) is 50.0 Å². The third-order valence-corrected chi connectivity index (χ3v) is 7.19. The van der Waals surface area contributed by atoms with E-state index in [9.17, 15) is 13.2 Å². The molecule has 8 nitrogen and oxygen atoms in total. The molecule has 0 N–H and O–H groups in total. The molecule has 168 valence electrons. The van der Waals surface area contributed by atoms with Gasteiger partial charge in [0.2, 0.25) is 15.9 Å². The maximum atomic E-state index is 12.9. The molecule has 3 aromatic rings. The first kappa shape index (κ1) is 22.5. The second kappa shape index (κ2) is 9.41. The molecule has 0 spiro atoms. The fraction of sp³-hybridized carbons (Fsp3) is 0.273. The monoisotopic (exact) mass is 476 g/mol. The summed E-state index contributed by atoms with van der Waals surface area (Å²) < 4.78 is 43.3. The normalized spacial score (nSPS) is 14.9. The van der Waals surface area contributed by atoms with Crippen LogP contribution in [0, 0.1) is 6.92 Å². The number of hydrogen-bond donors (Lipinski definition) is 0. The molecule has 2 aromatic carbocycles. The Morgan fingerprint density at radius 2 is 1.88 bits per heavy atom. The molecule has 0 radical (unpaired) electrons. The second-order valence-electron chi connectivity index (χ2n) is 7.19. The van der Waals surface area contributed by atoms with Gasteiger partial charge in [-0.25, -0.2) is 18.2 Å². The molecule has 0 atom stereocenters. The number of morpholine rings is 1. The van der Waals surface area contributed by atoms with E-state index in [1.54, 1.807) is 37.3 Å². The zero-order valence-corrected chi connectivity index (χ0v) is 18.9. The largest absolute Gasteiger partial charge is 0.452 e. The number of esters is 1. The predicted molar refractivity (Wildman–Crippen MR) is 117 cm³/mol. The summed E-state index contributed by atoms with van der Waals surface area (Å²) in [5.74, 6) is 0.0771. The van der Waals surface area contributed by atoms with Gasteiger partial charge in [-0.05, 0) is 48.9 Å². The Hall–Kier alpha value is -2.72. The number of aryl methyl sites for hydroxylation is 1. The van der Waals surface area contributed by atoms with E-state index in [1.807, 2.05) is 0 Å². The molecule has 0 bridgehead atoms. The van der Waals surface area contributed by atoms with Gasteiger partial charge < -0.3 is 13.9 Å². The highest BCUT2D eigenvalue weighted by molar-refractivity contribution is 7.89. The van der Waals surface area contributed by atoms with E-state index in [0.717, 1.165) is 5.56 Å². The lowest BCUT2D eigenvalue weighted by molar-refractivity contribution is 0.0437. The number of benzene rings is 2. The molecular weight excluding hydrogens is 456 g/mol. The fourth-order valence-electron chi connectivity index (χ4n) is 3.25. The lowest BCUT2D eigenvalue weighted by Gasteiger charge is -2.26. The van der Waals surface area contributed by atoms with Gasteiger partial charge >= 0.3 is 5.97 Å². The Balaban J connectivity index is 1.47. The van der Waals surface area contributed by atoms with E-state index < -0.39 is 16.0 Å². The van der Waals surface area contributed by atoms with Gasteiger partial charge in [-0.2, -0.15) is 4.31 Å². The van der Waals surface area contributed by atoms with E-state index in [4.69, 9.17) is 25.5 Å². The number of carbonyl (C=O) groups excluding carboxylic acids is 1. The molecule has 4 rings (SSSR count). The molecule has 0 unspecified atom stereocenters. The number of sulfonamides is 1. The summed E-state index contributed by atoms with van der Waals surface area (Å²) in [5, 5.41) is 0.607. The number of nitrogens with zero attached hydrogens (tertiary/aromatic N) is 2. The first-order valence-electron chi connectivity index (χ1n) is 9.91. The summed E-state index contributed by atoms with van der Waals surface area (Å²) in [4.78, 5) is 16.8. The number of aromatic nitrogens is 1. The highest BCUT2D eigenvalue weighted by atomic mass is 35.5. The predicted octanol–water partition coefficient (Wildman–Crippen LogP) is 3.68. The average molecular weight is 477 g/mol. The van der Waals surface area contributed by atoms with Crippen LogP contribution >= 0.6 is 11.6 Å². The Bertz CT molecular complexity index is 1220. The van der Waals surface area contributed by atoms with Crippen LogP contribution in [0.4, 0.5) is 0 Å². The summed E-state index contributed by atoms with van der Waals surface area (Å²) in [6, 6.07) is 11.5. The Morgan fingerprint density at radius 3 is 2.59 bits per heavy atom. The van der Waals surface area contributed by atoms with Gasteiger partial charge in [-0.15, -0.1) is 0 Å². The van der Waals surface area contributed by atoms with Crippen molar-refractivity contribution < 1.29 is 27.1 Å². The van der Waals surface area contributed by atoms with Gasteiger partial charge in [-0.1, -0.05) is 17.7 Å². The first-order chi connectivity index (χ1) is 15.3. The average Bonchev–Trinajstić information content (AvgIpc) is 3.28. The van der Waals surface area contributed by atoms with Crippen LogP contribution in [0.1, 0.15) is 21.8 Å². The van der Waals surface area contributed by atoms with Crippen molar-refractivity contribution in [2.75, 3.05) is 26.3 Å². The molecule has 1 fully saturated rings. The maximum absolute atomic E-state index is 12.9. The SMILES string of the molecule is Cc1ccc(S(=O)(=O)N2CCOCC2)cc1C(=O)OCc1ncc(-c2ccc(Cl)cc2)o1. The van der Waals surface area contributed by atoms with Gasteiger partial charge in [0.05, 0.1) is 29.9 Å². The lowest BCUT2D eigenvalue weighted by Crippen LogP contribution is -2.40. The molecule has 0 amide bonds. The van der Waals surface area contributed by atoms with Crippen molar-refractivity contribution in [1.82, 2.24) is 9.29 Å². The third kappa shape index (κ3) is 4.86. The molecule has 0 saturated carbocycles. The Kier molecular flexibility index (Phi) is 6.61. The summed E-state index contributed by atoms with van der Waals surface area (Å²) in [5.41, 5.74) is 1.56. The maximum Gasteiger partial charge on any atom is 0.338 e.